The molecule has 4 nitrogen and oxygen atoms in total. The van der Waals surface area contributed by atoms with Gasteiger partial charge in [0.1, 0.15) is 5.75 Å². The van der Waals surface area contributed by atoms with Gasteiger partial charge >= 0.3 is 0 Å². The topological polar surface area (TPSA) is 30.3 Å². The molecule has 5 rings (SSSR count). The fourth-order valence-corrected chi connectivity index (χ4v) is 5.30. The zero-order chi connectivity index (χ0) is 21.0. The first-order chi connectivity index (χ1) is 15.3. The third-order valence-electron chi connectivity index (χ3n) is 6.31. The number of nitrogens with zero attached hydrogens (tertiary/aromatic N) is 3. The Morgan fingerprint density at radius 3 is 2.65 bits per heavy atom. The van der Waals surface area contributed by atoms with Crippen molar-refractivity contribution in [1.82, 2.24) is 14.5 Å². The van der Waals surface area contributed by atoms with E-state index in [-0.39, 0.29) is 0 Å². The Morgan fingerprint density at radius 1 is 0.968 bits per heavy atom. The number of aryl methyl sites for hydroxylation is 1. The number of fused-ring (bicyclic) bond motifs is 1. The Labute approximate surface area is 188 Å². The second kappa shape index (κ2) is 9.25. The first kappa shape index (κ1) is 20.3. The van der Waals surface area contributed by atoms with Crippen LogP contribution in [0.25, 0.3) is 33.2 Å². The number of thiophene rings is 1. The van der Waals surface area contributed by atoms with Crippen LogP contribution in [0.5, 0.6) is 5.75 Å². The molecule has 1 aromatic carbocycles. The van der Waals surface area contributed by atoms with Gasteiger partial charge in [0.15, 0.2) is 0 Å². The van der Waals surface area contributed by atoms with Gasteiger partial charge in [0.2, 0.25) is 0 Å². The SMILES string of the molecule is COc1ccc2c(c1)c(-c1cncc(-c3ccsc3)c1)cn2CCCN1CCCCC1. The monoisotopic (exact) mass is 431 g/mol. The van der Waals surface area contributed by atoms with Gasteiger partial charge in [-0.15, -0.1) is 0 Å². The van der Waals surface area contributed by atoms with E-state index in [1.807, 2.05) is 12.4 Å². The molecule has 0 amide bonds. The lowest BCUT2D eigenvalue weighted by atomic mass is 10.0. The van der Waals surface area contributed by atoms with Crippen molar-refractivity contribution >= 4 is 22.2 Å². The standard InChI is InChI=1S/C26H29N3OS/c1-30-23-6-7-26-24(15-23)25(18-29(26)12-5-11-28-9-3-2-4-10-28)22-14-21(16-27-17-22)20-8-13-31-19-20/h6-8,13-19H,2-5,9-12H2,1H3. The van der Waals surface area contributed by atoms with Crippen molar-refractivity contribution in [3.05, 3.63) is 59.7 Å². The highest BCUT2D eigenvalue weighted by Gasteiger charge is 2.14. The highest BCUT2D eigenvalue weighted by molar-refractivity contribution is 7.08. The fourth-order valence-electron chi connectivity index (χ4n) is 4.64. The minimum absolute atomic E-state index is 0.891. The van der Waals surface area contributed by atoms with Crippen LogP contribution in [0, 0.1) is 0 Å². The molecule has 5 heteroatoms. The first-order valence-electron chi connectivity index (χ1n) is 11.2. The van der Waals surface area contributed by atoms with Gasteiger partial charge < -0.3 is 14.2 Å². The third-order valence-corrected chi connectivity index (χ3v) is 7.00. The number of pyridine rings is 1. The number of hydrogen-bond donors (Lipinski definition) is 0. The molecule has 0 saturated carbocycles. The van der Waals surface area contributed by atoms with Gasteiger partial charge in [-0.05, 0) is 85.6 Å². The molecule has 0 bridgehead atoms. The van der Waals surface area contributed by atoms with Crippen LogP contribution >= 0.6 is 11.3 Å². The van der Waals surface area contributed by atoms with E-state index in [4.69, 9.17) is 4.74 Å². The molecule has 4 aromatic rings. The summed E-state index contributed by atoms with van der Waals surface area (Å²) in [6, 6.07) is 10.8. The van der Waals surface area contributed by atoms with E-state index in [0.29, 0.717) is 0 Å². The molecule has 1 fully saturated rings. The summed E-state index contributed by atoms with van der Waals surface area (Å²) in [5.74, 6) is 0.891. The molecule has 31 heavy (non-hydrogen) atoms. The van der Waals surface area contributed by atoms with Crippen molar-refractivity contribution in [2.24, 2.45) is 0 Å². The first-order valence-corrected chi connectivity index (χ1v) is 12.1. The summed E-state index contributed by atoms with van der Waals surface area (Å²) in [5, 5.41) is 5.51. The van der Waals surface area contributed by atoms with Crippen LogP contribution in [0.2, 0.25) is 0 Å². The van der Waals surface area contributed by atoms with Gasteiger partial charge in [-0.2, -0.15) is 11.3 Å². The molecular weight excluding hydrogens is 402 g/mol. The maximum atomic E-state index is 5.54. The molecule has 0 spiro atoms. The Balaban J connectivity index is 1.46. The molecule has 0 aliphatic carbocycles. The summed E-state index contributed by atoms with van der Waals surface area (Å²) in [6.07, 6.45) is 11.5. The number of benzene rings is 1. The zero-order valence-electron chi connectivity index (χ0n) is 18.1. The Bertz CT molecular complexity index is 1140. The molecule has 1 aliphatic rings. The summed E-state index contributed by atoms with van der Waals surface area (Å²) in [6.45, 7) is 4.73. The van der Waals surface area contributed by atoms with Gasteiger partial charge in [-0.3, -0.25) is 4.98 Å². The molecule has 4 heterocycles. The predicted octanol–water partition coefficient (Wildman–Crippen LogP) is 6.32. The van der Waals surface area contributed by atoms with Gasteiger partial charge in [0, 0.05) is 52.7 Å². The second-order valence-electron chi connectivity index (χ2n) is 8.35. The van der Waals surface area contributed by atoms with E-state index in [1.54, 1.807) is 18.4 Å². The fraction of sp³-hybridized carbons (Fsp3) is 0.346. The number of ether oxygens (including phenoxy) is 1. The van der Waals surface area contributed by atoms with Gasteiger partial charge in [-0.1, -0.05) is 6.42 Å². The summed E-state index contributed by atoms with van der Waals surface area (Å²) in [4.78, 5) is 7.17. The molecule has 160 valence electrons. The van der Waals surface area contributed by atoms with E-state index in [9.17, 15) is 0 Å². The molecule has 0 atom stereocenters. The van der Waals surface area contributed by atoms with E-state index >= 15 is 0 Å². The molecular formula is C26H29N3OS. The number of hydrogen-bond acceptors (Lipinski definition) is 4. The Kier molecular flexibility index (Phi) is 6.05. The second-order valence-corrected chi connectivity index (χ2v) is 9.13. The van der Waals surface area contributed by atoms with Crippen molar-refractivity contribution in [2.75, 3.05) is 26.7 Å². The van der Waals surface area contributed by atoms with E-state index in [2.05, 4.69) is 61.7 Å². The molecule has 1 saturated heterocycles. The smallest absolute Gasteiger partial charge is 0.119 e. The lowest BCUT2D eigenvalue weighted by Crippen LogP contribution is -2.31. The van der Waals surface area contributed by atoms with Crippen molar-refractivity contribution < 1.29 is 4.74 Å². The molecule has 0 unspecified atom stereocenters. The van der Waals surface area contributed by atoms with Crippen LogP contribution in [0.15, 0.2) is 59.7 Å². The highest BCUT2D eigenvalue weighted by Crippen LogP contribution is 2.35. The summed E-state index contributed by atoms with van der Waals surface area (Å²) in [5.41, 5.74) is 6.01. The molecule has 0 N–H and O–H groups in total. The van der Waals surface area contributed by atoms with Crippen LogP contribution in [-0.4, -0.2) is 41.2 Å². The number of aromatic nitrogens is 2. The molecule has 1 aliphatic heterocycles. The highest BCUT2D eigenvalue weighted by atomic mass is 32.1. The average molecular weight is 432 g/mol. The van der Waals surface area contributed by atoms with Crippen molar-refractivity contribution in [3.63, 3.8) is 0 Å². The minimum atomic E-state index is 0.891. The quantitative estimate of drug-likeness (QED) is 0.343. The van der Waals surface area contributed by atoms with Crippen LogP contribution in [0.3, 0.4) is 0 Å². The average Bonchev–Trinajstić information content (AvgIpc) is 3.48. The van der Waals surface area contributed by atoms with E-state index < -0.39 is 0 Å². The summed E-state index contributed by atoms with van der Waals surface area (Å²) >= 11 is 1.72. The van der Waals surface area contributed by atoms with Crippen molar-refractivity contribution in [1.29, 1.82) is 0 Å². The van der Waals surface area contributed by atoms with Gasteiger partial charge in [0.05, 0.1) is 7.11 Å². The number of methoxy groups -OCH3 is 1. The van der Waals surface area contributed by atoms with Crippen molar-refractivity contribution in [2.45, 2.75) is 32.2 Å². The minimum Gasteiger partial charge on any atom is -0.497 e. The largest absolute Gasteiger partial charge is 0.497 e. The zero-order valence-corrected chi connectivity index (χ0v) is 18.9. The number of rotatable bonds is 7. The van der Waals surface area contributed by atoms with E-state index in [0.717, 1.165) is 23.4 Å². The van der Waals surface area contributed by atoms with E-state index in [1.165, 1.54) is 67.3 Å². The summed E-state index contributed by atoms with van der Waals surface area (Å²) in [7, 11) is 1.73. The van der Waals surface area contributed by atoms with Gasteiger partial charge in [-0.25, -0.2) is 0 Å². The third kappa shape index (κ3) is 4.39. The lowest BCUT2D eigenvalue weighted by molar-refractivity contribution is 0.223. The number of likely N-dealkylation sites (tertiary alicyclic amines) is 1. The van der Waals surface area contributed by atoms with Crippen LogP contribution < -0.4 is 4.74 Å². The number of piperidine rings is 1. The van der Waals surface area contributed by atoms with Crippen LogP contribution in [0.4, 0.5) is 0 Å². The predicted molar refractivity (Wildman–Crippen MR) is 130 cm³/mol. The molecule has 0 radical (unpaired) electrons. The lowest BCUT2D eigenvalue weighted by Gasteiger charge is -2.26. The van der Waals surface area contributed by atoms with Crippen LogP contribution in [-0.2, 0) is 6.54 Å². The maximum Gasteiger partial charge on any atom is 0.119 e. The van der Waals surface area contributed by atoms with Crippen molar-refractivity contribution in [3.8, 4) is 28.0 Å². The summed E-state index contributed by atoms with van der Waals surface area (Å²) < 4.78 is 7.94. The van der Waals surface area contributed by atoms with Crippen LogP contribution in [0.1, 0.15) is 25.7 Å². The molecule has 3 aromatic heterocycles. The Morgan fingerprint density at radius 2 is 1.84 bits per heavy atom. The normalized spacial score (nSPS) is 14.9. The van der Waals surface area contributed by atoms with Gasteiger partial charge in [0.25, 0.3) is 0 Å². The Hall–Kier alpha value is -2.63. The maximum absolute atomic E-state index is 5.54.